The first-order valence-corrected chi connectivity index (χ1v) is 69.7. The second-order valence-corrected chi connectivity index (χ2v) is 91.8. The number of rotatable bonds is 24. The van der Waals surface area contributed by atoms with E-state index in [1.165, 1.54) is 0 Å². The van der Waals surface area contributed by atoms with E-state index in [0.29, 0.717) is 223 Å². The molecule has 7 aromatic rings. The van der Waals surface area contributed by atoms with Crippen LogP contribution in [0.4, 0.5) is 0 Å². The van der Waals surface area contributed by atoms with E-state index >= 15 is 0 Å². The van der Waals surface area contributed by atoms with Gasteiger partial charge in [0.1, 0.15) is 178 Å². The molecule has 7 aromatic heterocycles. The maximum absolute atomic E-state index is 5.79. The van der Waals surface area contributed by atoms with Crippen LogP contribution in [0, 0.1) is 91.7 Å². The summed E-state index contributed by atoms with van der Waals surface area (Å²) in [6.07, 6.45) is 0. The van der Waals surface area contributed by atoms with Gasteiger partial charge >= 0.3 is 19.5 Å². The van der Waals surface area contributed by atoms with Crippen molar-refractivity contribution in [3.05, 3.63) is 45.6 Å². The van der Waals surface area contributed by atoms with E-state index in [9.17, 15) is 0 Å². The zero-order valence-corrected chi connectivity index (χ0v) is 105. The molecule has 0 spiro atoms. The fraction of sp³-hybridized carbons (Fsp3) is 0.643. The molecule has 0 unspecified atom stereocenters. The molecule has 0 N–H and O–H groups in total. The molecule has 2 aliphatic rings. The Bertz CT molecular complexity index is 5430. The van der Waals surface area contributed by atoms with Gasteiger partial charge in [0.2, 0.25) is 0 Å². The molecule has 0 radical (unpaired) electrons. The van der Waals surface area contributed by atoms with E-state index in [2.05, 4.69) is 424 Å². The summed E-state index contributed by atoms with van der Waals surface area (Å²) in [5.41, 5.74) is 46.5. The predicted molar refractivity (Wildman–Crippen MR) is 600 cm³/mol. The number of hydrogen-bond donors (Lipinski definition) is 0. The molecule has 730 valence electrons. The first kappa shape index (κ1) is 115. The Morgan fingerprint density at radius 2 is 0.248 bits per heavy atom. The normalized spacial score (nSPS) is 13.1. The van der Waals surface area contributed by atoms with Gasteiger partial charge in [-0.2, -0.15) is 0 Å². The molecule has 0 fully saturated rings. The van der Waals surface area contributed by atoms with Crippen molar-refractivity contribution in [2.45, 2.75) is 465 Å². The van der Waals surface area contributed by atoms with E-state index in [0.717, 1.165) is 0 Å². The summed E-state index contributed by atoms with van der Waals surface area (Å²) in [6.45, 7) is 112. The van der Waals surface area contributed by atoms with Crippen LogP contribution in [0.3, 0.4) is 0 Å². The second kappa shape index (κ2) is 44.6. The molecule has 8 bridgehead atoms. The van der Waals surface area contributed by atoms with Gasteiger partial charge in [-0.15, -0.1) is 44.3 Å². The van der Waals surface area contributed by atoms with E-state index in [-0.39, 0.29) is 65.4 Å². The predicted octanol–water partition coefficient (Wildman–Crippen LogP) is 29.8. The Balaban J connectivity index is 0.0000230. The molecule has 0 amide bonds. The molecule has 0 atom stereocenters. The van der Waals surface area contributed by atoms with E-state index in [4.69, 9.17) is 79.7 Å². The maximum atomic E-state index is 5.79. The van der Waals surface area contributed by atoms with Crippen LogP contribution in [0.15, 0.2) is 0 Å². The van der Waals surface area contributed by atoms with Crippen LogP contribution >= 0.6 is 0 Å². The van der Waals surface area contributed by atoms with Crippen LogP contribution in [0.5, 0.6) is 0 Å². The third-order valence-corrected chi connectivity index (χ3v) is 83.4. The van der Waals surface area contributed by atoms with Crippen LogP contribution < -0.4 is 9.97 Å². The summed E-state index contributed by atoms with van der Waals surface area (Å²) in [6, 6.07) is 0. The first-order chi connectivity index (χ1) is 63.1. The number of aromatic nitrogens is 16. The molecule has 25 heteroatoms. The molecule has 9 heterocycles. The van der Waals surface area contributed by atoms with Gasteiger partial charge in [0.15, 0.2) is 0 Å². The van der Waals surface area contributed by atoms with E-state index in [1.807, 2.05) is 0 Å². The van der Waals surface area contributed by atoms with Gasteiger partial charge in [0.25, 0.3) is 0 Å². The van der Waals surface area contributed by atoms with Gasteiger partial charge in [-0.3, -0.25) is 0 Å². The number of hydrogen-bond acceptors (Lipinski definition) is 14. The standard InChI is InChI=1S/C112H168N16Si8.Zn/c1-65(2)129(66(3)4,67(5)6)57-49-89-90(50-58-130(68(7)8,69(9)10)70(11)12)114-98-97(113-89)105-121-106(98)126-108-101-102(118-94(54-62-134(80(31)32,81(33)34)82(35)36)93(117-101)53-61-133(77(25)26,78(27)28)79(29)30)110(123-108)128-112-104-103(119-95(55-63-135(83(37)38,84(39)40)85(41)42)96(120-104)56-64-136(86(43)44,87(45)46)88(47)48)111(124-112)127-109-100-99(107(122-109)125-105)115-91(51-59-131(71(13)14,72(15)16)73(17)18)92(116-100)52-60-132(74(19)20,75(21)22)76(23)24;/h65-88H,1-48H3;/q-2;+2. The molecule has 0 saturated heterocycles. The summed E-state index contributed by atoms with van der Waals surface area (Å²) in [7, 11) is -19.8. The average Bonchev–Trinajstić information content (AvgIpc) is 1.59. The van der Waals surface area contributed by atoms with Crippen molar-refractivity contribution in [1.29, 1.82) is 0 Å². The van der Waals surface area contributed by atoms with Crippen LogP contribution in [0.25, 0.3) is 90.7 Å². The minimum absolute atomic E-state index is 0. The first-order valence-electron chi connectivity index (χ1n) is 51.8. The zero-order valence-electron chi connectivity index (χ0n) is 93.7. The zero-order chi connectivity index (χ0) is 102. The van der Waals surface area contributed by atoms with Crippen LogP contribution in [-0.4, -0.2) is 134 Å². The summed E-state index contributed by atoms with van der Waals surface area (Å²) in [5, 5.41) is 0. The maximum Gasteiger partial charge on any atom is 2.00 e. The summed E-state index contributed by atoms with van der Waals surface area (Å²) in [4.78, 5) is 91.6. The Kier molecular flexibility index (Phi) is 37.3. The van der Waals surface area contributed by atoms with Gasteiger partial charge in [-0.1, -0.05) is 380 Å². The SMILES string of the molecule is CC(C)[Si](C#Cc1nc2c(nc1C#C[Si](C(C)C)(C(C)C)C(C)C)-c1nc-2nc2[n-]c(nc3nc(nc4[n-]c(n1)c1nc(C#C[Si](C(C)C)(C(C)C)C(C)C)c(C#C[Si](C(C)C)(C(C)C)C(C)C)nc41)-c1nc(C#C[Si](C(C)C)(C(C)C)C(C)C)c(C#C[Si](C(C)C)(C(C)C)C(C)C)nc1-3)c1nc(C#C[Si](C(C)C)(C(C)C)C(C)C)c(C#C[Si](C(C)C)(C(C)C)C(C)C)nc21)(C(C)C)C(C)C.[Zn+2]. The smallest absolute Gasteiger partial charge is 0.354 e. The molecule has 9 rings (SSSR count). The van der Waals surface area contributed by atoms with Gasteiger partial charge in [0, 0.05) is 22.6 Å². The minimum atomic E-state index is -2.48. The van der Waals surface area contributed by atoms with Crippen molar-refractivity contribution in [1.82, 2.24) is 79.7 Å². The molecule has 137 heavy (non-hydrogen) atoms. The average molecular weight is 2030 g/mol. The van der Waals surface area contributed by atoms with Gasteiger partial charge in [-0.05, 0) is 133 Å². The van der Waals surface area contributed by atoms with Gasteiger partial charge in [-0.25, -0.2) is 49.8 Å². The Hall–Kier alpha value is -7.48. The van der Waals surface area contributed by atoms with Crippen LogP contribution in [0.2, 0.25) is 133 Å². The third-order valence-electron chi connectivity index (χ3n) is 33.1. The fourth-order valence-corrected chi connectivity index (χ4v) is 67.9. The topological polar surface area (TPSA) is 209 Å². The van der Waals surface area contributed by atoms with Crippen molar-refractivity contribution in [3.8, 4) is 138 Å². The van der Waals surface area contributed by atoms with E-state index < -0.39 is 64.6 Å². The Morgan fingerprint density at radius 1 is 0.146 bits per heavy atom. The van der Waals surface area contributed by atoms with Crippen LogP contribution in [0.1, 0.15) is 378 Å². The molecule has 2 aliphatic heterocycles. The molecular formula is C112H168N16Si8Zn. The summed E-state index contributed by atoms with van der Waals surface area (Å²) in [5.74, 6) is 31.1. The van der Waals surface area contributed by atoms with Crippen molar-refractivity contribution in [2.75, 3.05) is 0 Å². The largest absolute Gasteiger partial charge is 2.00 e. The van der Waals surface area contributed by atoms with Crippen molar-refractivity contribution >= 4 is 109 Å². The molecule has 16 nitrogen and oxygen atoms in total. The van der Waals surface area contributed by atoms with Crippen molar-refractivity contribution in [3.63, 3.8) is 0 Å². The summed E-state index contributed by atoms with van der Waals surface area (Å²) >= 11 is 0. The van der Waals surface area contributed by atoms with E-state index in [1.54, 1.807) is 0 Å². The third kappa shape index (κ3) is 21.1. The quantitative estimate of drug-likeness (QED) is 0.0407. The van der Waals surface area contributed by atoms with Gasteiger partial charge in [0.05, 0.1) is 0 Å². The Labute approximate surface area is 850 Å². The van der Waals surface area contributed by atoms with Crippen LogP contribution in [-0.2, 0) is 19.5 Å². The Morgan fingerprint density at radius 3 is 0.350 bits per heavy atom. The fourth-order valence-electron chi connectivity index (χ4n) is 26.3. The monoisotopic (exact) mass is 2030 g/mol. The van der Waals surface area contributed by atoms with Crippen molar-refractivity contribution in [2.24, 2.45) is 0 Å². The van der Waals surface area contributed by atoms with Crippen molar-refractivity contribution < 1.29 is 19.5 Å². The molecule has 0 aromatic carbocycles. The van der Waals surface area contributed by atoms with Gasteiger partial charge < -0.3 is 29.9 Å². The molecular weight excluding hydrogens is 1860 g/mol. The minimum Gasteiger partial charge on any atom is -0.354 e. The number of nitrogens with zero attached hydrogens (tertiary/aromatic N) is 16. The second-order valence-electron chi connectivity index (χ2n) is 47.1. The summed E-state index contributed by atoms with van der Waals surface area (Å²) < 4.78 is 0. The molecule has 0 saturated carbocycles. The number of fused-ring (bicyclic) bond motifs is 20. The molecule has 0 aliphatic carbocycles.